The molecule has 0 N–H and O–H groups in total. The SMILES string of the molecule is CCN(CC)C(=O)c1c(OC)cnc2ccccc12. The molecule has 0 bridgehead atoms. The lowest BCUT2D eigenvalue weighted by Crippen LogP contribution is -2.31. The number of para-hydroxylation sites is 1. The van der Waals surface area contributed by atoms with Crippen molar-refractivity contribution >= 4 is 16.8 Å². The lowest BCUT2D eigenvalue weighted by Gasteiger charge is -2.20. The first-order valence-corrected chi connectivity index (χ1v) is 6.43. The predicted octanol–water partition coefficient (Wildman–Crippen LogP) is 2.73. The lowest BCUT2D eigenvalue weighted by atomic mass is 10.1. The first-order chi connectivity index (χ1) is 9.22. The number of hydrogen-bond donors (Lipinski definition) is 0. The summed E-state index contributed by atoms with van der Waals surface area (Å²) in [5.74, 6) is 0.510. The number of fused-ring (bicyclic) bond motifs is 1. The van der Waals surface area contributed by atoms with E-state index in [1.807, 2.05) is 38.1 Å². The van der Waals surface area contributed by atoms with Crippen LogP contribution >= 0.6 is 0 Å². The summed E-state index contributed by atoms with van der Waals surface area (Å²) in [5.41, 5.74) is 1.40. The van der Waals surface area contributed by atoms with Gasteiger partial charge in [0.2, 0.25) is 0 Å². The topological polar surface area (TPSA) is 42.4 Å². The molecule has 0 radical (unpaired) electrons. The number of aromatic nitrogens is 1. The van der Waals surface area contributed by atoms with Crippen LogP contribution in [0.25, 0.3) is 10.9 Å². The van der Waals surface area contributed by atoms with Crippen LogP contribution in [-0.2, 0) is 0 Å². The van der Waals surface area contributed by atoms with Crippen molar-refractivity contribution in [2.45, 2.75) is 13.8 Å². The first-order valence-electron chi connectivity index (χ1n) is 6.43. The van der Waals surface area contributed by atoms with Crippen molar-refractivity contribution in [2.24, 2.45) is 0 Å². The van der Waals surface area contributed by atoms with Gasteiger partial charge in [0.05, 0.1) is 24.4 Å². The van der Waals surface area contributed by atoms with Crippen molar-refractivity contribution in [1.82, 2.24) is 9.88 Å². The third kappa shape index (κ3) is 2.38. The monoisotopic (exact) mass is 258 g/mol. The van der Waals surface area contributed by atoms with Gasteiger partial charge in [0.15, 0.2) is 5.75 Å². The van der Waals surface area contributed by atoms with Gasteiger partial charge in [0, 0.05) is 18.5 Å². The highest BCUT2D eigenvalue weighted by Crippen LogP contribution is 2.27. The van der Waals surface area contributed by atoms with Gasteiger partial charge in [-0.25, -0.2) is 0 Å². The highest BCUT2D eigenvalue weighted by Gasteiger charge is 2.20. The van der Waals surface area contributed by atoms with E-state index in [-0.39, 0.29) is 5.91 Å². The molecule has 4 heteroatoms. The standard InChI is InChI=1S/C15H18N2O2/c1-4-17(5-2)15(18)14-11-8-6-7-9-12(11)16-10-13(14)19-3/h6-10H,4-5H2,1-3H3. The number of nitrogens with zero attached hydrogens (tertiary/aromatic N) is 2. The van der Waals surface area contributed by atoms with Crippen molar-refractivity contribution in [2.75, 3.05) is 20.2 Å². The zero-order chi connectivity index (χ0) is 13.8. The summed E-state index contributed by atoms with van der Waals surface area (Å²) in [7, 11) is 1.56. The number of methoxy groups -OCH3 is 1. The van der Waals surface area contributed by atoms with Gasteiger partial charge in [-0.1, -0.05) is 18.2 Å². The number of carbonyl (C=O) groups is 1. The van der Waals surface area contributed by atoms with E-state index < -0.39 is 0 Å². The Morgan fingerprint density at radius 1 is 1.26 bits per heavy atom. The van der Waals surface area contributed by atoms with Crippen LogP contribution in [0, 0.1) is 0 Å². The summed E-state index contributed by atoms with van der Waals surface area (Å²) in [6, 6.07) is 7.62. The summed E-state index contributed by atoms with van der Waals surface area (Å²) in [6.45, 7) is 5.29. The fraction of sp³-hybridized carbons (Fsp3) is 0.333. The molecule has 0 saturated heterocycles. The minimum atomic E-state index is -0.0135. The average Bonchev–Trinajstić information content (AvgIpc) is 2.47. The first kappa shape index (κ1) is 13.3. The molecule has 2 rings (SSSR count). The maximum atomic E-state index is 12.6. The van der Waals surface area contributed by atoms with E-state index in [2.05, 4.69) is 4.98 Å². The van der Waals surface area contributed by atoms with Crippen LogP contribution < -0.4 is 4.74 Å². The van der Waals surface area contributed by atoms with E-state index in [0.717, 1.165) is 10.9 Å². The molecule has 2 aromatic rings. The fourth-order valence-electron chi connectivity index (χ4n) is 2.17. The number of benzene rings is 1. The third-order valence-corrected chi connectivity index (χ3v) is 3.23. The zero-order valence-electron chi connectivity index (χ0n) is 11.5. The van der Waals surface area contributed by atoms with E-state index in [1.54, 1.807) is 18.2 Å². The third-order valence-electron chi connectivity index (χ3n) is 3.23. The maximum absolute atomic E-state index is 12.6. The predicted molar refractivity (Wildman–Crippen MR) is 75.5 cm³/mol. The summed E-state index contributed by atoms with van der Waals surface area (Å²) in [6.07, 6.45) is 1.61. The van der Waals surface area contributed by atoms with Crippen molar-refractivity contribution < 1.29 is 9.53 Å². The maximum Gasteiger partial charge on any atom is 0.258 e. The van der Waals surface area contributed by atoms with Crippen LogP contribution in [0.4, 0.5) is 0 Å². The number of hydrogen-bond acceptors (Lipinski definition) is 3. The second-order valence-corrected chi connectivity index (χ2v) is 4.20. The summed E-state index contributed by atoms with van der Waals surface area (Å²) in [4.78, 5) is 18.7. The minimum Gasteiger partial charge on any atom is -0.494 e. The molecule has 1 heterocycles. The molecule has 0 aliphatic rings. The highest BCUT2D eigenvalue weighted by atomic mass is 16.5. The molecule has 19 heavy (non-hydrogen) atoms. The van der Waals surface area contributed by atoms with E-state index in [9.17, 15) is 4.79 Å². The molecule has 0 spiro atoms. The minimum absolute atomic E-state index is 0.0135. The van der Waals surface area contributed by atoms with Crippen LogP contribution in [0.5, 0.6) is 5.75 Å². The molecule has 1 aromatic heterocycles. The van der Waals surface area contributed by atoms with Crippen molar-refractivity contribution in [3.63, 3.8) is 0 Å². The lowest BCUT2D eigenvalue weighted by molar-refractivity contribution is 0.0771. The second-order valence-electron chi connectivity index (χ2n) is 4.20. The van der Waals surface area contributed by atoms with Crippen molar-refractivity contribution in [3.05, 3.63) is 36.0 Å². The van der Waals surface area contributed by atoms with Crippen LogP contribution in [0.3, 0.4) is 0 Å². The number of rotatable bonds is 4. The molecule has 0 fully saturated rings. The summed E-state index contributed by atoms with van der Waals surface area (Å²) < 4.78 is 5.30. The zero-order valence-corrected chi connectivity index (χ0v) is 11.5. The Morgan fingerprint density at radius 2 is 1.95 bits per heavy atom. The molecule has 0 aliphatic heterocycles. The van der Waals surface area contributed by atoms with Crippen LogP contribution in [0.2, 0.25) is 0 Å². The van der Waals surface area contributed by atoms with E-state index in [4.69, 9.17) is 4.74 Å². The Bertz CT molecular complexity index is 592. The number of pyridine rings is 1. The van der Waals surface area contributed by atoms with E-state index >= 15 is 0 Å². The highest BCUT2D eigenvalue weighted by molar-refractivity contribution is 6.08. The summed E-state index contributed by atoms with van der Waals surface area (Å²) >= 11 is 0. The van der Waals surface area contributed by atoms with Gasteiger partial charge in [-0.15, -0.1) is 0 Å². The number of amides is 1. The van der Waals surface area contributed by atoms with E-state index in [0.29, 0.717) is 24.4 Å². The Hall–Kier alpha value is -2.10. The fourth-order valence-corrected chi connectivity index (χ4v) is 2.17. The molecule has 0 unspecified atom stereocenters. The van der Waals surface area contributed by atoms with Gasteiger partial charge < -0.3 is 9.64 Å². The molecule has 1 aromatic carbocycles. The molecule has 0 aliphatic carbocycles. The van der Waals surface area contributed by atoms with Crippen molar-refractivity contribution in [3.8, 4) is 5.75 Å². The largest absolute Gasteiger partial charge is 0.494 e. The Balaban J connectivity index is 2.65. The smallest absolute Gasteiger partial charge is 0.258 e. The Morgan fingerprint density at radius 3 is 2.58 bits per heavy atom. The molecular weight excluding hydrogens is 240 g/mol. The summed E-state index contributed by atoms with van der Waals surface area (Å²) in [5, 5.41) is 0.832. The van der Waals surface area contributed by atoms with Gasteiger partial charge in [0.1, 0.15) is 0 Å². The Labute approximate surface area is 113 Å². The average molecular weight is 258 g/mol. The number of ether oxygens (including phenoxy) is 1. The molecule has 0 atom stereocenters. The quantitative estimate of drug-likeness (QED) is 0.846. The van der Waals surface area contributed by atoms with Gasteiger partial charge in [-0.2, -0.15) is 0 Å². The van der Waals surface area contributed by atoms with Gasteiger partial charge >= 0.3 is 0 Å². The van der Waals surface area contributed by atoms with E-state index in [1.165, 1.54) is 0 Å². The normalized spacial score (nSPS) is 10.5. The molecule has 4 nitrogen and oxygen atoms in total. The van der Waals surface area contributed by atoms with Gasteiger partial charge in [-0.05, 0) is 19.9 Å². The molecule has 1 amide bonds. The van der Waals surface area contributed by atoms with Crippen LogP contribution in [0.1, 0.15) is 24.2 Å². The Kier molecular flexibility index (Phi) is 4.00. The van der Waals surface area contributed by atoms with Crippen LogP contribution in [-0.4, -0.2) is 36.0 Å². The molecular formula is C15H18N2O2. The second kappa shape index (κ2) is 5.69. The molecule has 0 saturated carbocycles. The van der Waals surface area contributed by atoms with Gasteiger partial charge in [-0.3, -0.25) is 9.78 Å². The van der Waals surface area contributed by atoms with Crippen LogP contribution in [0.15, 0.2) is 30.5 Å². The van der Waals surface area contributed by atoms with Gasteiger partial charge in [0.25, 0.3) is 5.91 Å². The number of carbonyl (C=O) groups excluding carboxylic acids is 1. The molecule has 100 valence electrons. The van der Waals surface area contributed by atoms with Crippen molar-refractivity contribution in [1.29, 1.82) is 0 Å².